The molecular weight excluding hydrogens is 593 g/mol. The van der Waals surface area contributed by atoms with Gasteiger partial charge in [-0.05, 0) is 68.4 Å². The average Bonchev–Trinajstić information content (AvgIpc) is 3.82. The minimum Gasteiger partial charge on any atom is -0.344 e. The lowest BCUT2D eigenvalue weighted by atomic mass is 10.1. The summed E-state index contributed by atoms with van der Waals surface area (Å²) in [4.78, 5) is 46.8. The third-order valence-electron chi connectivity index (χ3n) is 8.45. The van der Waals surface area contributed by atoms with Crippen LogP contribution in [0.1, 0.15) is 13.3 Å². The average molecular weight is 626 g/mol. The minimum absolute atomic E-state index is 0.0363. The van der Waals surface area contributed by atoms with E-state index >= 15 is 0 Å². The van der Waals surface area contributed by atoms with Crippen molar-refractivity contribution in [2.45, 2.75) is 19.4 Å². The predicted molar refractivity (Wildman–Crippen MR) is 171 cm³/mol. The monoisotopic (exact) mass is 625 g/mol. The molecule has 2 N–H and O–H groups in total. The zero-order valence-corrected chi connectivity index (χ0v) is 25.5. The summed E-state index contributed by atoms with van der Waals surface area (Å²) in [5.41, 5.74) is 2.99. The highest BCUT2D eigenvalue weighted by Gasteiger charge is 2.33. The third-order valence-corrected chi connectivity index (χ3v) is 9.50. The van der Waals surface area contributed by atoms with E-state index < -0.39 is 0 Å². The summed E-state index contributed by atoms with van der Waals surface area (Å²) >= 11 is 1.56. The second-order valence-corrected chi connectivity index (χ2v) is 12.5. The molecule has 0 radical (unpaired) electrons. The van der Waals surface area contributed by atoms with Crippen molar-refractivity contribution in [2.24, 2.45) is 5.92 Å². The van der Waals surface area contributed by atoms with E-state index in [9.17, 15) is 14.0 Å². The summed E-state index contributed by atoms with van der Waals surface area (Å²) in [6.45, 7) is 5.62. The van der Waals surface area contributed by atoms with Crippen LogP contribution in [0.15, 0.2) is 67.1 Å². The number of nitrogens with one attached hydrogen (secondary N) is 2. The van der Waals surface area contributed by atoms with Gasteiger partial charge in [0.2, 0.25) is 11.8 Å². The highest BCUT2D eigenvalue weighted by molar-refractivity contribution is 7.18. The van der Waals surface area contributed by atoms with Crippen molar-refractivity contribution in [3.05, 3.63) is 72.9 Å². The number of amides is 2. The second-order valence-electron chi connectivity index (χ2n) is 11.5. The Morgan fingerprint density at radius 3 is 2.67 bits per heavy atom. The van der Waals surface area contributed by atoms with Gasteiger partial charge in [0.15, 0.2) is 11.0 Å². The molecule has 45 heavy (non-hydrogen) atoms. The van der Waals surface area contributed by atoms with Crippen molar-refractivity contribution < 1.29 is 14.0 Å². The van der Waals surface area contributed by atoms with Gasteiger partial charge in [-0.1, -0.05) is 11.3 Å². The first-order valence-electron chi connectivity index (χ1n) is 15.0. The number of likely N-dealkylation sites (tertiary alicyclic amines) is 1. The smallest absolute Gasteiger partial charge is 0.237 e. The van der Waals surface area contributed by atoms with Crippen LogP contribution in [0.25, 0.3) is 32.9 Å². The van der Waals surface area contributed by atoms with Gasteiger partial charge in [0.05, 0.1) is 34.7 Å². The van der Waals surface area contributed by atoms with Crippen LogP contribution in [0.3, 0.4) is 0 Å². The van der Waals surface area contributed by atoms with Gasteiger partial charge < -0.3 is 15.1 Å². The Bertz CT molecular complexity index is 1830. The molecule has 230 valence electrons. The molecule has 2 amide bonds. The number of benzene rings is 2. The Balaban J connectivity index is 0.909. The fourth-order valence-electron chi connectivity index (χ4n) is 6.08. The summed E-state index contributed by atoms with van der Waals surface area (Å²) in [5, 5.41) is 12.2. The number of anilines is 2. The molecular formula is C32H32FN9O2S. The van der Waals surface area contributed by atoms with Gasteiger partial charge in [0, 0.05) is 61.3 Å². The Morgan fingerprint density at radius 1 is 1.04 bits per heavy atom. The fraction of sp³-hybridized carbons (Fsp3) is 0.312. The molecule has 11 nitrogen and oxygen atoms in total. The standard InChI is InChI=1S/C32H32FN9O2S/c1-20-17-41(32-36-16-27(45-32)30-34-10-2-11-35-30)13-14-42(20)28(43)19-40-12-9-22(18-40)31(44)37-24-7-8-25-26(15-24)38-39-29(25)21-3-5-23(33)6-4-21/h2-8,10-11,15-16,20,22H,9,12-14,17-19H2,1H3,(H,37,44)(H,38,39)/t20-,22?/m1/s1. The summed E-state index contributed by atoms with van der Waals surface area (Å²) in [6, 6.07) is 13.6. The van der Waals surface area contributed by atoms with E-state index in [4.69, 9.17) is 0 Å². The molecule has 13 heteroatoms. The van der Waals surface area contributed by atoms with Crippen LogP contribution in [-0.4, -0.2) is 92.1 Å². The topological polar surface area (TPSA) is 123 Å². The molecule has 7 rings (SSSR count). The van der Waals surface area contributed by atoms with Crippen LogP contribution < -0.4 is 10.2 Å². The number of nitrogens with zero attached hydrogens (tertiary/aromatic N) is 7. The van der Waals surface area contributed by atoms with Gasteiger partial charge in [0.25, 0.3) is 0 Å². The van der Waals surface area contributed by atoms with Crippen LogP contribution in [0.4, 0.5) is 15.2 Å². The number of piperazine rings is 1. The quantitative estimate of drug-likeness (QED) is 0.275. The molecule has 0 bridgehead atoms. The SMILES string of the molecule is C[C@@H]1CN(c2ncc(-c3ncccn3)s2)CCN1C(=O)CN1CCC(C(=O)Nc2ccc3c(-c4ccc(F)cc4)n[nH]c3c2)C1. The van der Waals surface area contributed by atoms with Gasteiger partial charge in [-0.25, -0.2) is 19.3 Å². The number of H-pyrrole nitrogens is 1. The van der Waals surface area contributed by atoms with Gasteiger partial charge in [-0.15, -0.1) is 0 Å². The number of rotatable bonds is 7. The largest absolute Gasteiger partial charge is 0.344 e. The predicted octanol–water partition coefficient (Wildman–Crippen LogP) is 4.28. The lowest BCUT2D eigenvalue weighted by Gasteiger charge is -2.40. The molecule has 1 unspecified atom stereocenters. The number of fused-ring (bicyclic) bond motifs is 1. The number of carbonyl (C=O) groups is 2. The lowest BCUT2D eigenvalue weighted by molar-refractivity contribution is -0.134. The van der Waals surface area contributed by atoms with Gasteiger partial charge in [0.1, 0.15) is 5.82 Å². The maximum absolute atomic E-state index is 13.3. The van der Waals surface area contributed by atoms with Gasteiger partial charge >= 0.3 is 0 Å². The highest BCUT2D eigenvalue weighted by atomic mass is 32.1. The highest BCUT2D eigenvalue weighted by Crippen LogP contribution is 2.31. The lowest BCUT2D eigenvalue weighted by Crippen LogP contribution is -2.56. The van der Waals surface area contributed by atoms with Crippen molar-refractivity contribution in [3.63, 3.8) is 0 Å². The number of aromatic nitrogens is 5. The van der Waals surface area contributed by atoms with E-state index in [2.05, 4.69) is 47.2 Å². The van der Waals surface area contributed by atoms with E-state index in [1.54, 1.807) is 48.1 Å². The number of hydrogen-bond acceptors (Lipinski definition) is 9. The van der Waals surface area contributed by atoms with Crippen molar-refractivity contribution in [3.8, 4) is 22.0 Å². The van der Waals surface area contributed by atoms with E-state index in [1.807, 2.05) is 23.1 Å². The van der Waals surface area contributed by atoms with E-state index in [-0.39, 0.29) is 29.6 Å². The maximum Gasteiger partial charge on any atom is 0.237 e. The minimum atomic E-state index is -0.298. The molecule has 2 aliphatic heterocycles. The molecule has 2 fully saturated rings. The summed E-state index contributed by atoms with van der Waals surface area (Å²) < 4.78 is 13.3. The number of carbonyl (C=O) groups excluding carboxylic acids is 2. The molecule has 2 aromatic carbocycles. The van der Waals surface area contributed by atoms with Gasteiger partial charge in [-0.3, -0.25) is 19.6 Å². The Morgan fingerprint density at radius 2 is 1.87 bits per heavy atom. The second kappa shape index (κ2) is 12.3. The third kappa shape index (κ3) is 6.13. The molecule has 3 aromatic heterocycles. The first-order chi connectivity index (χ1) is 21.9. The Labute approximate surface area is 263 Å². The first kappa shape index (κ1) is 29.0. The zero-order chi connectivity index (χ0) is 30.9. The Kier molecular flexibility index (Phi) is 7.94. The molecule has 2 saturated heterocycles. The number of halogens is 1. The van der Waals surface area contributed by atoms with Crippen molar-refractivity contribution >= 4 is 44.9 Å². The summed E-state index contributed by atoms with van der Waals surface area (Å²) in [5.74, 6) is 0.187. The molecule has 0 spiro atoms. The van der Waals surface area contributed by atoms with Crippen molar-refractivity contribution in [2.75, 3.05) is 49.5 Å². The molecule has 5 heterocycles. The zero-order valence-electron chi connectivity index (χ0n) is 24.7. The molecule has 5 aromatic rings. The van der Waals surface area contributed by atoms with Crippen LogP contribution in [-0.2, 0) is 9.59 Å². The van der Waals surface area contributed by atoms with Crippen LogP contribution in [0.5, 0.6) is 0 Å². The van der Waals surface area contributed by atoms with Crippen LogP contribution >= 0.6 is 11.3 Å². The molecule has 0 aliphatic carbocycles. The first-order valence-corrected chi connectivity index (χ1v) is 15.8. The molecule has 2 aliphatic rings. The van der Waals surface area contributed by atoms with E-state index in [0.717, 1.165) is 32.2 Å². The number of aromatic amines is 1. The van der Waals surface area contributed by atoms with Crippen LogP contribution in [0.2, 0.25) is 0 Å². The summed E-state index contributed by atoms with van der Waals surface area (Å²) in [6.07, 6.45) is 5.94. The van der Waals surface area contributed by atoms with Crippen molar-refractivity contribution in [1.29, 1.82) is 0 Å². The molecule has 2 atom stereocenters. The van der Waals surface area contributed by atoms with E-state index in [1.165, 1.54) is 12.1 Å². The molecule has 0 saturated carbocycles. The van der Waals surface area contributed by atoms with Crippen molar-refractivity contribution in [1.82, 2.24) is 34.9 Å². The number of thiazole rings is 1. The van der Waals surface area contributed by atoms with E-state index in [0.29, 0.717) is 57.2 Å². The summed E-state index contributed by atoms with van der Waals surface area (Å²) in [7, 11) is 0. The Hall–Kier alpha value is -4.75. The van der Waals surface area contributed by atoms with Crippen LogP contribution in [0, 0.1) is 11.7 Å². The number of hydrogen-bond donors (Lipinski definition) is 2. The van der Waals surface area contributed by atoms with Gasteiger partial charge in [-0.2, -0.15) is 5.10 Å². The fourth-order valence-corrected chi connectivity index (χ4v) is 6.98. The normalized spacial score (nSPS) is 18.9. The maximum atomic E-state index is 13.3.